The number of H-pyrrole nitrogens is 1. The van der Waals surface area contributed by atoms with E-state index in [2.05, 4.69) is 10.2 Å². The average Bonchev–Trinajstić information content (AvgIpc) is 2.32. The maximum Gasteiger partial charge on any atom is 0.157 e. The monoisotopic (exact) mass is 156 g/mol. The lowest BCUT2D eigenvalue weighted by Crippen LogP contribution is -2.27. The van der Waals surface area contributed by atoms with Crippen molar-refractivity contribution in [1.82, 2.24) is 10.2 Å². The lowest BCUT2D eigenvalue weighted by Gasteiger charge is -2.16. The molecule has 0 aromatic carbocycles. The molecule has 0 aliphatic heterocycles. The van der Waals surface area contributed by atoms with Crippen LogP contribution in [0.15, 0.2) is 12.4 Å². The van der Waals surface area contributed by atoms with Gasteiger partial charge in [0.15, 0.2) is 5.75 Å². The molecule has 0 fully saturated rings. The zero-order valence-corrected chi connectivity index (χ0v) is 6.66. The van der Waals surface area contributed by atoms with E-state index in [0.717, 1.165) is 0 Å². The lowest BCUT2D eigenvalue weighted by atomic mass is 10.2. The summed E-state index contributed by atoms with van der Waals surface area (Å²) in [5.41, 5.74) is -0.794. The third kappa shape index (κ3) is 3.04. The summed E-state index contributed by atoms with van der Waals surface area (Å²) in [6.07, 6.45) is 3.19. The SMILES string of the molecule is CC(C)(O)COc1cn[nH]c1. The van der Waals surface area contributed by atoms with Gasteiger partial charge in [-0.05, 0) is 13.8 Å². The molecule has 2 N–H and O–H groups in total. The number of rotatable bonds is 3. The third-order valence-corrected chi connectivity index (χ3v) is 1.07. The first-order chi connectivity index (χ1) is 5.08. The van der Waals surface area contributed by atoms with Crippen LogP contribution in [0.5, 0.6) is 5.75 Å². The molecule has 4 heteroatoms. The highest BCUT2D eigenvalue weighted by Gasteiger charge is 2.13. The molecule has 0 amide bonds. The fourth-order valence-corrected chi connectivity index (χ4v) is 0.578. The minimum absolute atomic E-state index is 0.270. The molecule has 0 saturated carbocycles. The van der Waals surface area contributed by atoms with E-state index in [0.29, 0.717) is 5.75 Å². The van der Waals surface area contributed by atoms with Gasteiger partial charge in [-0.25, -0.2) is 0 Å². The van der Waals surface area contributed by atoms with Gasteiger partial charge in [-0.3, -0.25) is 5.10 Å². The number of aliphatic hydroxyl groups is 1. The van der Waals surface area contributed by atoms with Gasteiger partial charge < -0.3 is 9.84 Å². The molecule has 62 valence electrons. The van der Waals surface area contributed by atoms with Crippen molar-refractivity contribution in [3.8, 4) is 5.75 Å². The molecule has 0 bridgehead atoms. The van der Waals surface area contributed by atoms with Crippen LogP contribution in [-0.2, 0) is 0 Å². The van der Waals surface area contributed by atoms with E-state index in [1.807, 2.05) is 0 Å². The number of nitrogens with one attached hydrogen (secondary N) is 1. The predicted molar refractivity (Wildman–Crippen MR) is 40.4 cm³/mol. The largest absolute Gasteiger partial charge is 0.487 e. The summed E-state index contributed by atoms with van der Waals surface area (Å²) in [7, 11) is 0. The molecule has 4 nitrogen and oxygen atoms in total. The second-order valence-electron chi connectivity index (χ2n) is 3.04. The van der Waals surface area contributed by atoms with Crippen LogP contribution in [0.1, 0.15) is 13.8 Å². The van der Waals surface area contributed by atoms with Crippen LogP contribution in [0.3, 0.4) is 0 Å². The molecule has 0 unspecified atom stereocenters. The Bertz CT molecular complexity index is 201. The molecule has 11 heavy (non-hydrogen) atoms. The van der Waals surface area contributed by atoms with E-state index in [-0.39, 0.29) is 6.61 Å². The van der Waals surface area contributed by atoms with Gasteiger partial charge in [-0.1, -0.05) is 0 Å². The smallest absolute Gasteiger partial charge is 0.157 e. The summed E-state index contributed by atoms with van der Waals surface area (Å²) in [5.74, 6) is 0.645. The maximum atomic E-state index is 9.26. The summed E-state index contributed by atoms with van der Waals surface area (Å²) in [6, 6.07) is 0. The van der Waals surface area contributed by atoms with Gasteiger partial charge in [0.2, 0.25) is 0 Å². The van der Waals surface area contributed by atoms with E-state index in [4.69, 9.17) is 4.74 Å². The van der Waals surface area contributed by atoms with Crippen molar-refractivity contribution in [1.29, 1.82) is 0 Å². The Morgan fingerprint density at radius 1 is 1.73 bits per heavy atom. The van der Waals surface area contributed by atoms with Crippen LogP contribution < -0.4 is 4.74 Å². The molecule has 0 spiro atoms. The number of hydrogen-bond acceptors (Lipinski definition) is 3. The van der Waals surface area contributed by atoms with Gasteiger partial charge in [-0.2, -0.15) is 5.10 Å². The van der Waals surface area contributed by atoms with Gasteiger partial charge >= 0.3 is 0 Å². The summed E-state index contributed by atoms with van der Waals surface area (Å²) in [4.78, 5) is 0. The molecule has 1 aromatic rings. The number of nitrogens with zero attached hydrogens (tertiary/aromatic N) is 1. The van der Waals surface area contributed by atoms with Crippen LogP contribution in [0.4, 0.5) is 0 Å². The Kier molecular flexibility index (Phi) is 2.14. The Labute approximate surface area is 65.2 Å². The van der Waals surface area contributed by atoms with E-state index in [1.165, 1.54) is 0 Å². The zero-order chi connectivity index (χ0) is 8.32. The molecule has 1 aromatic heterocycles. The molecule has 0 aliphatic rings. The van der Waals surface area contributed by atoms with Crippen molar-refractivity contribution in [2.24, 2.45) is 0 Å². The Hall–Kier alpha value is -1.03. The van der Waals surface area contributed by atoms with Crippen molar-refractivity contribution in [3.63, 3.8) is 0 Å². The van der Waals surface area contributed by atoms with Gasteiger partial charge in [0.1, 0.15) is 6.61 Å². The van der Waals surface area contributed by atoms with E-state index >= 15 is 0 Å². The fourth-order valence-electron chi connectivity index (χ4n) is 0.578. The van der Waals surface area contributed by atoms with Gasteiger partial charge in [0.05, 0.1) is 18.0 Å². The van der Waals surface area contributed by atoms with Gasteiger partial charge in [-0.15, -0.1) is 0 Å². The minimum Gasteiger partial charge on any atom is -0.487 e. The van der Waals surface area contributed by atoms with Crippen LogP contribution >= 0.6 is 0 Å². The average molecular weight is 156 g/mol. The number of ether oxygens (including phenoxy) is 1. The molecular weight excluding hydrogens is 144 g/mol. The predicted octanol–water partition coefficient (Wildman–Crippen LogP) is 0.559. The zero-order valence-electron chi connectivity index (χ0n) is 6.66. The summed E-state index contributed by atoms with van der Waals surface area (Å²) in [6.45, 7) is 3.65. The van der Waals surface area contributed by atoms with E-state index < -0.39 is 5.60 Å². The second kappa shape index (κ2) is 2.92. The van der Waals surface area contributed by atoms with Crippen molar-refractivity contribution in [2.75, 3.05) is 6.61 Å². The standard InChI is InChI=1S/C7H12N2O2/c1-7(2,10)5-11-6-3-8-9-4-6/h3-4,10H,5H2,1-2H3,(H,8,9). The number of aromatic amines is 1. The summed E-state index contributed by atoms with van der Waals surface area (Å²) < 4.78 is 5.17. The van der Waals surface area contributed by atoms with E-state index in [9.17, 15) is 5.11 Å². The van der Waals surface area contributed by atoms with Gasteiger partial charge in [0.25, 0.3) is 0 Å². The van der Waals surface area contributed by atoms with Crippen molar-refractivity contribution >= 4 is 0 Å². The first-order valence-electron chi connectivity index (χ1n) is 3.42. The molecule has 1 rings (SSSR count). The lowest BCUT2D eigenvalue weighted by molar-refractivity contribution is 0.0285. The maximum absolute atomic E-state index is 9.26. The second-order valence-corrected chi connectivity index (χ2v) is 3.04. The van der Waals surface area contributed by atoms with Crippen LogP contribution in [0.2, 0.25) is 0 Å². The van der Waals surface area contributed by atoms with Gasteiger partial charge in [0, 0.05) is 0 Å². The van der Waals surface area contributed by atoms with Crippen LogP contribution in [-0.4, -0.2) is 27.5 Å². The molecule has 0 atom stereocenters. The van der Waals surface area contributed by atoms with E-state index in [1.54, 1.807) is 26.2 Å². The molecule has 0 saturated heterocycles. The summed E-state index contributed by atoms with van der Waals surface area (Å²) >= 11 is 0. The Morgan fingerprint density at radius 3 is 2.91 bits per heavy atom. The fraction of sp³-hybridized carbons (Fsp3) is 0.571. The highest BCUT2D eigenvalue weighted by molar-refractivity contribution is 5.10. The summed E-state index contributed by atoms with van der Waals surface area (Å²) in [5, 5.41) is 15.6. The number of aromatic nitrogens is 2. The quantitative estimate of drug-likeness (QED) is 0.672. The molecule has 0 aliphatic carbocycles. The van der Waals surface area contributed by atoms with Crippen LogP contribution in [0.25, 0.3) is 0 Å². The molecule has 0 radical (unpaired) electrons. The normalized spacial score (nSPS) is 11.5. The van der Waals surface area contributed by atoms with Crippen LogP contribution in [0, 0.1) is 0 Å². The minimum atomic E-state index is -0.794. The topological polar surface area (TPSA) is 58.1 Å². The first-order valence-corrected chi connectivity index (χ1v) is 3.42. The molecular formula is C7H12N2O2. The highest BCUT2D eigenvalue weighted by atomic mass is 16.5. The number of hydrogen-bond donors (Lipinski definition) is 2. The molecule has 1 heterocycles. The Balaban J connectivity index is 2.35. The van der Waals surface area contributed by atoms with Crippen molar-refractivity contribution in [2.45, 2.75) is 19.4 Å². The van der Waals surface area contributed by atoms with Crippen molar-refractivity contribution in [3.05, 3.63) is 12.4 Å². The highest BCUT2D eigenvalue weighted by Crippen LogP contribution is 2.08. The first kappa shape index (κ1) is 8.07. The van der Waals surface area contributed by atoms with Crippen molar-refractivity contribution < 1.29 is 9.84 Å². The third-order valence-electron chi connectivity index (χ3n) is 1.07. The Morgan fingerprint density at radius 2 is 2.45 bits per heavy atom.